The first-order valence-electron chi connectivity index (χ1n) is 10.8. The molecule has 3 N–H and O–H groups in total. The summed E-state index contributed by atoms with van der Waals surface area (Å²) in [4.78, 5) is 41.5. The minimum absolute atomic E-state index is 0.0166. The molecule has 0 aromatic heterocycles. The van der Waals surface area contributed by atoms with Crippen molar-refractivity contribution in [3.63, 3.8) is 0 Å². The zero-order chi connectivity index (χ0) is 22.3. The summed E-state index contributed by atoms with van der Waals surface area (Å²) in [5, 5.41) is 16.1. The Kier molecular flexibility index (Phi) is 6.25. The molecule has 168 valence electrons. The quantitative estimate of drug-likeness (QED) is 0.573. The van der Waals surface area contributed by atoms with Gasteiger partial charge in [-0.25, -0.2) is 0 Å². The number of likely N-dealkylation sites (tertiary alicyclic amines) is 1. The number of carbonyl (C=O) groups excluding carboxylic acids is 3. The average molecular weight is 466 g/mol. The number of fused-ring (bicyclic) bond motifs is 1. The molecule has 0 radical (unpaired) electrons. The van der Waals surface area contributed by atoms with E-state index in [1.807, 2.05) is 6.92 Å². The molecule has 3 saturated heterocycles. The fourth-order valence-electron chi connectivity index (χ4n) is 5.58. The number of hydrogen-bond acceptors (Lipinski definition) is 5. The number of rotatable bonds is 7. The van der Waals surface area contributed by atoms with Crippen molar-refractivity contribution >= 4 is 46.8 Å². The maximum absolute atomic E-state index is 13.5. The number of aliphatic hydroxyl groups is 1. The Labute approximate surface area is 191 Å². The van der Waals surface area contributed by atoms with Gasteiger partial charge in [0.15, 0.2) is 0 Å². The lowest BCUT2D eigenvalue weighted by Crippen LogP contribution is -2.55. The van der Waals surface area contributed by atoms with E-state index in [-0.39, 0.29) is 42.0 Å². The van der Waals surface area contributed by atoms with Gasteiger partial charge in [0.2, 0.25) is 17.7 Å². The van der Waals surface area contributed by atoms with Gasteiger partial charge >= 0.3 is 0 Å². The maximum Gasteiger partial charge on any atom is 0.248 e. The number of anilines is 1. The Bertz CT molecular complexity index is 882. The molecule has 31 heavy (non-hydrogen) atoms. The van der Waals surface area contributed by atoms with Crippen molar-refractivity contribution in [2.45, 2.75) is 42.7 Å². The highest BCUT2D eigenvalue weighted by atomic mass is 35.5. The maximum atomic E-state index is 13.5. The van der Waals surface area contributed by atoms with Crippen molar-refractivity contribution in [2.75, 3.05) is 25.0 Å². The smallest absolute Gasteiger partial charge is 0.248 e. The number of nitrogens with one attached hydrogen (secondary N) is 2. The molecule has 0 aliphatic carbocycles. The van der Waals surface area contributed by atoms with Crippen LogP contribution < -0.4 is 10.6 Å². The van der Waals surface area contributed by atoms with Crippen LogP contribution in [-0.2, 0) is 14.4 Å². The van der Waals surface area contributed by atoms with E-state index >= 15 is 0 Å². The lowest BCUT2D eigenvalue weighted by Gasteiger charge is -2.38. The predicted octanol–water partition coefficient (Wildman–Crippen LogP) is 2.13. The van der Waals surface area contributed by atoms with E-state index < -0.39 is 22.6 Å². The fraction of sp³-hybridized carbons (Fsp3) is 0.591. The molecule has 0 saturated carbocycles. The number of nitrogens with zero attached hydrogens (tertiary/aromatic N) is 1. The molecule has 4 rings (SSSR count). The van der Waals surface area contributed by atoms with Crippen LogP contribution in [0.15, 0.2) is 24.3 Å². The van der Waals surface area contributed by atoms with Crippen LogP contribution in [0.25, 0.3) is 0 Å². The second-order valence-electron chi connectivity index (χ2n) is 8.60. The molecule has 3 fully saturated rings. The first-order valence-corrected chi connectivity index (χ1v) is 12.0. The molecule has 2 bridgehead atoms. The Balaban J connectivity index is 1.69. The van der Waals surface area contributed by atoms with Gasteiger partial charge in [-0.2, -0.15) is 0 Å². The molecule has 3 aliphatic heterocycles. The monoisotopic (exact) mass is 465 g/mol. The molecular weight excluding hydrogens is 438 g/mol. The van der Waals surface area contributed by atoms with E-state index in [1.54, 1.807) is 36.0 Å². The van der Waals surface area contributed by atoms with Gasteiger partial charge in [-0.15, -0.1) is 11.8 Å². The Morgan fingerprint density at radius 3 is 2.65 bits per heavy atom. The molecular formula is C22H28ClN3O4S. The van der Waals surface area contributed by atoms with Crippen molar-refractivity contribution in [3.05, 3.63) is 29.3 Å². The third kappa shape index (κ3) is 3.52. The second-order valence-corrected chi connectivity index (χ2v) is 10.6. The summed E-state index contributed by atoms with van der Waals surface area (Å²) in [6, 6.07) is 6.06. The van der Waals surface area contributed by atoms with Crippen LogP contribution in [-0.4, -0.2) is 63.5 Å². The predicted molar refractivity (Wildman–Crippen MR) is 121 cm³/mol. The highest BCUT2D eigenvalue weighted by Crippen LogP contribution is 2.68. The zero-order valence-corrected chi connectivity index (χ0v) is 19.2. The van der Waals surface area contributed by atoms with E-state index in [0.29, 0.717) is 17.3 Å². The van der Waals surface area contributed by atoms with Gasteiger partial charge in [-0.1, -0.05) is 25.4 Å². The Morgan fingerprint density at radius 2 is 2.00 bits per heavy atom. The number of halogens is 1. The summed E-state index contributed by atoms with van der Waals surface area (Å²) in [5.41, 5.74) is 0.591. The average Bonchev–Trinajstić information content (AvgIpc) is 3.32. The van der Waals surface area contributed by atoms with Crippen molar-refractivity contribution in [1.29, 1.82) is 0 Å². The number of β-amino-alcohol motifs (C(OH)–C–C–N with tert-alkyl or cyclic N) is 1. The molecule has 7 nitrogen and oxygen atoms in total. The SMILES string of the molecule is CCCNC(=O)[C@@H]1[C@H]2C(=O)N(CCO)C(C(=O)Nc3ccc(Cl)cc3)C23S[C@@H]1CC3C. The van der Waals surface area contributed by atoms with Gasteiger partial charge in [-0.3, -0.25) is 14.4 Å². The molecule has 9 heteroatoms. The number of thioether (sulfide) groups is 1. The second kappa shape index (κ2) is 8.64. The van der Waals surface area contributed by atoms with Gasteiger partial charge in [0.05, 0.1) is 23.2 Å². The Hall–Kier alpha value is -1.77. The summed E-state index contributed by atoms with van der Waals surface area (Å²) in [7, 11) is 0. The number of benzene rings is 1. The van der Waals surface area contributed by atoms with E-state index in [0.717, 1.165) is 12.8 Å². The van der Waals surface area contributed by atoms with E-state index in [2.05, 4.69) is 17.6 Å². The van der Waals surface area contributed by atoms with Gasteiger partial charge in [0.1, 0.15) is 6.04 Å². The van der Waals surface area contributed by atoms with Crippen molar-refractivity contribution in [1.82, 2.24) is 10.2 Å². The first-order chi connectivity index (χ1) is 14.8. The van der Waals surface area contributed by atoms with E-state index in [1.165, 1.54) is 4.90 Å². The Morgan fingerprint density at radius 1 is 1.29 bits per heavy atom. The van der Waals surface area contributed by atoms with Gasteiger partial charge in [-0.05, 0) is 43.0 Å². The third-order valence-corrected chi connectivity index (χ3v) is 9.13. The lowest BCUT2D eigenvalue weighted by molar-refractivity contribution is -0.139. The van der Waals surface area contributed by atoms with E-state index in [9.17, 15) is 19.5 Å². The highest BCUT2D eigenvalue weighted by molar-refractivity contribution is 8.02. The zero-order valence-electron chi connectivity index (χ0n) is 17.6. The third-order valence-electron chi connectivity index (χ3n) is 6.80. The molecule has 3 amide bonds. The minimum Gasteiger partial charge on any atom is -0.395 e. The van der Waals surface area contributed by atoms with Gasteiger partial charge in [0, 0.05) is 29.0 Å². The lowest BCUT2D eigenvalue weighted by atomic mass is 9.66. The molecule has 1 aromatic rings. The molecule has 3 heterocycles. The largest absolute Gasteiger partial charge is 0.395 e. The standard InChI is InChI=1S/C22H28ClN3O4S/c1-3-8-24-19(28)16-15-11-12(2)22(31-15)17(16)21(30)26(9-10-27)18(22)20(29)25-14-6-4-13(23)5-7-14/h4-7,12,15-18,27H,3,8-11H2,1-2H3,(H,24,28)(H,25,29)/t12?,15-,16+,17+,18?,22?/m1/s1. The van der Waals surface area contributed by atoms with Crippen LogP contribution in [0.1, 0.15) is 26.7 Å². The van der Waals surface area contributed by atoms with Crippen LogP contribution in [0, 0.1) is 17.8 Å². The molecule has 1 spiro atoms. The summed E-state index contributed by atoms with van der Waals surface area (Å²) >= 11 is 7.57. The molecule has 6 atom stereocenters. The summed E-state index contributed by atoms with van der Waals surface area (Å²) < 4.78 is -0.679. The normalized spacial score (nSPS) is 33.5. The highest BCUT2D eigenvalue weighted by Gasteiger charge is 2.75. The van der Waals surface area contributed by atoms with Gasteiger partial charge < -0.3 is 20.6 Å². The number of amides is 3. The molecule has 3 aliphatic rings. The van der Waals surface area contributed by atoms with Crippen molar-refractivity contribution in [3.8, 4) is 0 Å². The van der Waals surface area contributed by atoms with E-state index in [4.69, 9.17) is 11.6 Å². The first kappa shape index (κ1) is 22.4. The van der Waals surface area contributed by atoms with Crippen LogP contribution in [0.4, 0.5) is 5.69 Å². The number of carbonyl (C=O) groups is 3. The van der Waals surface area contributed by atoms with Crippen molar-refractivity contribution < 1.29 is 19.5 Å². The van der Waals surface area contributed by atoms with Crippen molar-refractivity contribution in [2.24, 2.45) is 17.8 Å². The number of hydrogen-bond donors (Lipinski definition) is 3. The topological polar surface area (TPSA) is 98.7 Å². The summed E-state index contributed by atoms with van der Waals surface area (Å²) in [5.74, 6) is -1.51. The number of aliphatic hydroxyl groups excluding tert-OH is 1. The van der Waals surface area contributed by atoms with Crippen LogP contribution >= 0.6 is 23.4 Å². The summed E-state index contributed by atoms with van der Waals surface area (Å²) in [6.45, 7) is 4.45. The minimum atomic E-state index is -0.748. The summed E-state index contributed by atoms with van der Waals surface area (Å²) in [6.07, 6.45) is 1.61. The molecule has 1 aromatic carbocycles. The van der Waals surface area contributed by atoms with Gasteiger partial charge in [0.25, 0.3) is 0 Å². The van der Waals surface area contributed by atoms with Crippen LogP contribution in [0.5, 0.6) is 0 Å². The van der Waals surface area contributed by atoms with Crippen LogP contribution in [0.3, 0.4) is 0 Å². The molecule has 3 unspecified atom stereocenters. The van der Waals surface area contributed by atoms with Crippen LogP contribution in [0.2, 0.25) is 5.02 Å². The fourth-order valence-corrected chi connectivity index (χ4v) is 8.13.